The van der Waals surface area contributed by atoms with Gasteiger partial charge in [-0.1, -0.05) is 43.7 Å². The van der Waals surface area contributed by atoms with Crippen LogP contribution in [0, 0.1) is 12.8 Å². The third kappa shape index (κ3) is 4.09. The number of furan rings is 1. The lowest BCUT2D eigenvalue weighted by molar-refractivity contribution is 0.0663. The van der Waals surface area contributed by atoms with Gasteiger partial charge in [-0.15, -0.1) is 0 Å². The van der Waals surface area contributed by atoms with Crippen molar-refractivity contribution >= 4 is 16.9 Å². The Morgan fingerprint density at radius 1 is 1.06 bits per heavy atom. The number of pyridine rings is 1. The van der Waals surface area contributed by atoms with Crippen molar-refractivity contribution in [3.63, 3.8) is 0 Å². The Bertz CT molecular complexity index is 1250. The Morgan fingerprint density at radius 3 is 2.39 bits per heavy atom. The number of carbonyl (C=O) groups is 1. The van der Waals surface area contributed by atoms with Crippen LogP contribution in [0.3, 0.4) is 0 Å². The van der Waals surface area contributed by atoms with Gasteiger partial charge in [0.15, 0.2) is 0 Å². The van der Waals surface area contributed by atoms with Crippen molar-refractivity contribution in [3.05, 3.63) is 77.2 Å². The molecule has 0 radical (unpaired) electrons. The van der Waals surface area contributed by atoms with E-state index in [1.165, 1.54) is 11.6 Å². The number of nitrogens with two attached hydrogens (primary N) is 1. The van der Waals surface area contributed by atoms with Crippen LogP contribution >= 0.6 is 0 Å². The second-order valence-electron chi connectivity index (χ2n) is 8.28. The summed E-state index contributed by atoms with van der Waals surface area (Å²) >= 11 is 0. The molecule has 4 rings (SSSR count). The Kier molecular flexibility index (Phi) is 5.61. The minimum absolute atomic E-state index is 0.0816. The molecule has 0 aliphatic heterocycles. The van der Waals surface area contributed by atoms with Gasteiger partial charge in [0, 0.05) is 23.2 Å². The van der Waals surface area contributed by atoms with Crippen molar-refractivity contribution in [1.82, 2.24) is 4.98 Å². The summed E-state index contributed by atoms with van der Waals surface area (Å²) in [5.74, 6) is -0.202. The van der Waals surface area contributed by atoms with E-state index in [-0.39, 0.29) is 5.76 Å². The highest BCUT2D eigenvalue weighted by Gasteiger charge is 2.18. The van der Waals surface area contributed by atoms with Crippen LogP contribution in [-0.4, -0.2) is 16.1 Å². The van der Waals surface area contributed by atoms with Crippen LogP contribution in [0.15, 0.2) is 59.0 Å². The SMILES string of the molecule is Cc1ccc(-c2c(CN)c(CC(C)C)nc3ccc(-c4ccc(C(=O)O)o4)cc23)cc1. The highest BCUT2D eigenvalue weighted by Crippen LogP contribution is 2.36. The highest BCUT2D eigenvalue weighted by atomic mass is 16.4. The number of hydrogen-bond acceptors (Lipinski definition) is 4. The van der Waals surface area contributed by atoms with Gasteiger partial charge in [0.05, 0.1) is 5.52 Å². The van der Waals surface area contributed by atoms with Crippen LogP contribution in [0.4, 0.5) is 0 Å². The van der Waals surface area contributed by atoms with Gasteiger partial charge in [-0.25, -0.2) is 4.79 Å². The summed E-state index contributed by atoms with van der Waals surface area (Å²) in [4.78, 5) is 16.2. The number of benzene rings is 2. The second-order valence-corrected chi connectivity index (χ2v) is 8.28. The van der Waals surface area contributed by atoms with Crippen molar-refractivity contribution in [1.29, 1.82) is 0 Å². The van der Waals surface area contributed by atoms with Gasteiger partial charge in [-0.05, 0) is 66.3 Å². The quantitative estimate of drug-likeness (QED) is 0.415. The first-order chi connectivity index (χ1) is 14.9. The number of carboxylic acids is 1. The maximum Gasteiger partial charge on any atom is 0.371 e. The molecule has 0 saturated heterocycles. The monoisotopic (exact) mass is 414 g/mol. The first-order valence-electron chi connectivity index (χ1n) is 10.4. The third-order valence-corrected chi connectivity index (χ3v) is 5.42. The number of aromatic carboxylic acids is 1. The van der Waals surface area contributed by atoms with E-state index in [2.05, 4.69) is 45.0 Å². The fourth-order valence-corrected chi connectivity index (χ4v) is 3.94. The van der Waals surface area contributed by atoms with Gasteiger partial charge in [-0.2, -0.15) is 0 Å². The van der Waals surface area contributed by atoms with Crippen molar-refractivity contribution in [2.75, 3.05) is 0 Å². The molecule has 0 bridgehead atoms. The summed E-state index contributed by atoms with van der Waals surface area (Å²) in [6.45, 7) is 6.81. The van der Waals surface area contributed by atoms with E-state index in [0.717, 1.165) is 45.3 Å². The Labute approximate surface area is 181 Å². The Morgan fingerprint density at radius 2 is 1.77 bits per heavy atom. The molecule has 0 spiro atoms. The lowest BCUT2D eigenvalue weighted by atomic mass is 9.90. The highest BCUT2D eigenvalue weighted by molar-refractivity contribution is 5.99. The molecule has 0 amide bonds. The van der Waals surface area contributed by atoms with Gasteiger partial charge >= 0.3 is 5.97 Å². The Balaban J connectivity index is 1.99. The average molecular weight is 415 g/mol. The van der Waals surface area contributed by atoms with Crippen LogP contribution in [-0.2, 0) is 13.0 Å². The van der Waals surface area contributed by atoms with Crippen molar-refractivity contribution in [2.45, 2.75) is 33.7 Å². The van der Waals surface area contributed by atoms with Gasteiger partial charge in [0.25, 0.3) is 0 Å². The zero-order valence-corrected chi connectivity index (χ0v) is 18.0. The maximum absolute atomic E-state index is 11.2. The van der Waals surface area contributed by atoms with Crippen molar-refractivity contribution in [3.8, 4) is 22.5 Å². The number of aromatic nitrogens is 1. The number of hydrogen-bond donors (Lipinski definition) is 2. The predicted molar refractivity (Wildman–Crippen MR) is 123 cm³/mol. The molecule has 4 aromatic rings. The van der Waals surface area contributed by atoms with Crippen LogP contribution in [0.25, 0.3) is 33.4 Å². The van der Waals surface area contributed by atoms with Crippen molar-refractivity contribution in [2.24, 2.45) is 11.7 Å². The summed E-state index contributed by atoms with van der Waals surface area (Å²) in [5, 5.41) is 10.2. The smallest absolute Gasteiger partial charge is 0.371 e. The normalized spacial score (nSPS) is 11.4. The molecule has 0 unspecified atom stereocenters. The standard InChI is InChI=1S/C26H26N2O3/c1-15(2)12-22-20(14-27)25(17-6-4-16(3)5-7-17)19-13-18(8-9-21(19)28-22)23-10-11-24(31-23)26(29)30/h4-11,13,15H,12,14,27H2,1-3H3,(H,29,30). The molecule has 0 aliphatic rings. The number of fused-ring (bicyclic) bond motifs is 1. The molecule has 2 heterocycles. The predicted octanol–water partition coefficient (Wildman–Crippen LogP) is 5.83. The molecule has 5 heteroatoms. The van der Waals surface area contributed by atoms with E-state index in [4.69, 9.17) is 15.1 Å². The van der Waals surface area contributed by atoms with E-state index >= 15 is 0 Å². The molecular weight excluding hydrogens is 388 g/mol. The first-order valence-corrected chi connectivity index (χ1v) is 10.4. The first kappa shape index (κ1) is 20.8. The summed E-state index contributed by atoms with van der Waals surface area (Å²) < 4.78 is 5.53. The molecule has 5 nitrogen and oxygen atoms in total. The molecule has 0 saturated carbocycles. The lowest BCUT2D eigenvalue weighted by Gasteiger charge is -2.18. The van der Waals surface area contributed by atoms with E-state index in [1.54, 1.807) is 6.07 Å². The Hall–Kier alpha value is -3.44. The fraction of sp³-hybridized carbons (Fsp3) is 0.231. The average Bonchev–Trinajstić information content (AvgIpc) is 3.23. The molecule has 31 heavy (non-hydrogen) atoms. The minimum atomic E-state index is -1.09. The van der Waals surface area contributed by atoms with Crippen LogP contribution < -0.4 is 5.73 Å². The number of carboxylic acid groups (broad SMARTS) is 1. The van der Waals surface area contributed by atoms with Crippen molar-refractivity contribution < 1.29 is 14.3 Å². The summed E-state index contributed by atoms with van der Waals surface area (Å²) in [7, 11) is 0. The van der Waals surface area contributed by atoms with E-state index in [1.807, 2.05) is 18.2 Å². The molecule has 0 atom stereocenters. The topological polar surface area (TPSA) is 89.3 Å². The minimum Gasteiger partial charge on any atom is -0.475 e. The number of aryl methyl sites for hydroxylation is 1. The van der Waals surface area contributed by atoms with E-state index in [0.29, 0.717) is 18.2 Å². The summed E-state index contributed by atoms with van der Waals surface area (Å²) in [5.41, 5.74) is 13.4. The van der Waals surface area contributed by atoms with Crippen LogP contribution in [0.5, 0.6) is 0 Å². The molecule has 0 fully saturated rings. The molecule has 2 aromatic heterocycles. The molecule has 158 valence electrons. The van der Waals surface area contributed by atoms with Gasteiger partial charge in [0.2, 0.25) is 5.76 Å². The summed E-state index contributed by atoms with van der Waals surface area (Å²) in [6.07, 6.45) is 0.850. The molecule has 3 N–H and O–H groups in total. The van der Waals surface area contributed by atoms with Gasteiger partial charge < -0.3 is 15.3 Å². The number of rotatable bonds is 6. The second kappa shape index (κ2) is 8.36. The molecular formula is C26H26N2O3. The largest absolute Gasteiger partial charge is 0.475 e. The zero-order chi connectivity index (χ0) is 22.1. The fourth-order valence-electron chi connectivity index (χ4n) is 3.94. The zero-order valence-electron chi connectivity index (χ0n) is 18.0. The van der Waals surface area contributed by atoms with Crippen LogP contribution in [0.2, 0.25) is 0 Å². The maximum atomic E-state index is 11.2. The third-order valence-electron chi connectivity index (χ3n) is 5.42. The van der Waals surface area contributed by atoms with Gasteiger partial charge in [0.1, 0.15) is 5.76 Å². The summed E-state index contributed by atoms with van der Waals surface area (Å²) in [6, 6.07) is 17.5. The van der Waals surface area contributed by atoms with Crippen LogP contribution in [0.1, 0.15) is 41.2 Å². The van der Waals surface area contributed by atoms with Gasteiger partial charge in [-0.3, -0.25) is 4.98 Å². The lowest BCUT2D eigenvalue weighted by Crippen LogP contribution is -2.10. The molecule has 2 aromatic carbocycles. The van der Waals surface area contributed by atoms with E-state index < -0.39 is 5.97 Å². The number of nitrogens with zero attached hydrogens (tertiary/aromatic N) is 1. The molecule has 0 aliphatic carbocycles. The van der Waals surface area contributed by atoms with E-state index in [9.17, 15) is 9.90 Å².